The van der Waals surface area contributed by atoms with Gasteiger partial charge in [0.05, 0.1) is 23.6 Å². The molecular weight excluding hydrogens is 454 g/mol. The first kappa shape index (κ1) is 24.9. The molecule has 2 aromatic carbocycles. The third-order valence-corrected chi connectivity index (χ3v) is 6.26. The van der Waals surface area contributed by atoms with E-state index in [-0.39, 0.29) is 41.1 Å². The average Bonchev–Trinajstić information content (AvgIpc) is 3.15. The van der Waals surface area contributed by atoms with Crippen molar-refractivity contribution in [1.29, 1.82) is 0 Å². The van der Waals surface area contributed by atoms with Crippen molar-refractivity contribution in [3.05, 3.63) is 81.7 Å². The topological polar surface area (TPSA) is 120 Å². The zero-order valence-electron chi connectivity index (χ0n) is 19.1. The number of hydrogen-bond acceptors (Lipinski definition) is 7. The van der Waals surface area contributed by atoms with Crippen LogP contribution in [0, 0.1) is 6.92 Å². The molecular formula is C25H27N3O5S. The number of rotatable bonds is 11. The molecule has 0 radical (unpaired) electrons. The average molecular weight is 482 g/mol. The SMILES string of the molecule is COCCOC(=O)c1c(NC(=O)CNc2ccccc2Cc2ccccc2)sc(C(N)=O)c1C. The van der Waals surface area contributed by atoms with Gasteiger partial charge in [-0.05, 0) is 36.1 Å². The number of esters is 1. The maximum Gasteiger partial charge on any atom is 0.341 e. The first-order chi connectivity index (χ1) is 16.4. The second kappa shape index (κ2) is 12.0. The van der Waals surface area contributed by atoms with Gasteiger partial charge in [0.15, 0.2) is 0 Å². The number of ether oxygens (including phenoxy) is 2. The lowest BCUT2D eigenvalue weighted by molar-refractivity contribution is -0.114. The quantitative estimate of drug-likeness (QED) is 0.284. The highest BCUT2D eigenvalue weighted by atomic mass is 32.1. The Morgan fingerprint density at radius 3 is 2.41 bits per heavy atom. The summed E-state index contributed by atoms with van der Waals surface area (Å²) in [7, 11) is 1.49. The highest BCUT2D eigenvalue weighted by Gasteiger charge is 2.25. The van der Waals surface area contributed by atoms with Gasteiger partial charge in [0.1, 0.15) is 11.6 Å². The van der Waals surface area contributed by atoms with E-state index in [9.17, 15) is 14.4 Å². The van der Waals surface area contributed by atoms with Gasteiger partial charge in [0, 0.05) is 12.8 Å². The van der Waals surface area contributed by atoms with Crippen molar-refractivity contribution >= 4 is 39.8 Å². The summed E-state index contributed by atoms with van der Waals surface area (Å²) in [6, 6.07) is 17.8. The van der Waals surface area contributed by atoms with Crippen molar-refractivity contribution in [2.24, 2.45) is 5.73 Å². The minimum absolute atomic E-state index is 0.0349. The molecule has 0 aliphatic rings. The van der Waals surface area contributed by atoms with Gasteiger partial charge in [-0.1, -0.05) is 48.5 Å². The van der Waals surface area contributed by atoms with Gasteiger partial charge in [0.2, 0.25) is 5.91 Å². The Hall–Kier alpha value is -3.69. The van der Waals surface area contributed by atoms with Gasteiger partial charge in [-0.2, -0.15) is 0 Å². The van der Waals surface area contributed by atoms with Gasteiger partial charge in [-0.3, -0.25) is 9.59 Å². The molecule has 9 heteroatoms. The van der Waals surface area contributed by atoms with E-state index in [4.69, 9.17) is 15.2 Å². The van der Waals surface area contributed by atoms with Crippen molar-refractivity contribution in [3.63, 3.8) is 0 Å². The molecule has 3 aromatic rings. The molecule has 0 saturated carbocycles. The minimum Gasteiger partial charge on any atom is -0.460 e. The number of carbonyl (C=O) groups excluding carboxylic acids is 3. The van der Waals surface area contributed by atoms with Gasteiger partial charge in [-0.15, -0.1) is 11.3 Å². The second-order valence-corrected chi connectivity index (χ2v) is 8.50. The molecule has 4 N–H and O–H groups in total. The molecule has 0 bridgehead atoms. The Morgan fingerprint density at radius 1 is 1.00 bits per heavy atom. The number of anilines is 2. The Balaban J connectivity index is 1.71. The fourth-order valence-electron chi connectivity index (χ4n) is 3.38. The van der Waals surface area contributed by atoms with E-state index in [0.29, 0.717) is 5.56 Å². The van der Waals surface area contributed by atoms with Crippen LogP contribution in [0.25, 0.3) is 0 Å². The normalized spacial score (nSPS) is 10.5. The van der Waals surface area contributed by atoms with Gasteiger partial charge < -0.3 is 25.8 Å². The van der Waals surface area contributed by atoms with Crippen molar-refractivity contribution in [2.45, 2.75) is 13.3 Å². The van der Waals surface area contributed by atoms with Crippen LogP contribution in [-0.2, 0) is 20.7 Å². The predicted molar refractivity (Wildman–Crippen MR) is 133 cm³/mol. The molecule has 34 heavy (non-hydrogen) atoms. The molecule has 0 spiro atoms. The third kappa shape index (κ3) is 6.43. The number of amides is 2. The van der Waals surface area contributed by atoms with Crippen LogP contribution in [0.4, 0.5) is 10.7 Å². The molecule has 8 nitrogen and oxygen atoms in total. The van der Waals surface area contributed by atoms with E-state index < -0.39 is 11.9 Å². The maximum atomic E-state index is 12.7. The number of methoxy groups -OCH3 is 1. The summed E-state index contributed by atoms with van der Waals surface area (Å²) in [4.78, 5) is 37.3. The number of nitrogens with one attached hydrogen (secondary N) is 2. The van der Waals surface area contributed by atoms with E-state index in [1.54, 1.807) is 6.92 Å². The zero-order chi connectivity index (χ0) is 24.5. The van der Waals surface area contributed by atoms with Crippen LogP contribution < -0.4 is 16.4 Å². The highest BCUT2D eigenvalue weighted by molar-refractivity contribution is 7.18. The second-order valence-electron chi connectivity index (χ2n) is 7.47. The van der Waals surface area contributed by atoms with Crippen molar-refractivity contribution in [2.75, 3.05) is 37.5 Å². The first-order valence-corrected chi connectivity index (χ1v) is 11.5. The lowest BCUT2D eigenvalue weighted by Crippen LogP contribution is -2.23. The summed E-state index contributed by atoms with van der Waals surface area (Å²) < 4.78 is 10.1. The van der Waals surface area contributed by atoms with E-state index in [1.165, 1.54) is 7.11 Å². The fraction of sp³-hybridized carbons (Fsp3) is 0.240. The van der Waals surface area contributed by atoms with Crippen molar-refractivity contribution in [1.82, 2.24) is 0 Å². The van der Waals surface area contributed by atoms with Gasteiger partial charge >= 0.3 is 5.97 Å². The first-order valence-electron chi connectivity index (χ1n) is 10.7. The number of nitrogens with two attached hydrogens (primary N) is 1. The van der Waals surface area contributed by atoms with E-state index in [1.807, 2.05) is 54.6 Å². The van der Waals surface area contributed by atoms with E-state index in [2.05, 4.69) is 10.6 Å². The number of thiophene rings is 1. The lowest BCUT2D eigenvalue weighted by atomic mass is 10.0. The van der Waals surface area contributed by atoms with Crippen LogP contribution >= 0.6 is 11.3 Å². The number of hydrogen-bond donors (Lipinski definition) is 3. The molecule has 3 rings (SSSR count). The molecule has 0 aliphatic heterocycles. The van der Waals surface area contributed by atoms with Crippen molar-refractivity contribution < 1.29 is 23.9 Å². The smallest absolute Gasteiger partial charge is 0.341 e. The standard InChI is InChI=1S/C25H27N3O5S/c1-16-21(25(31)33-13-12-32-2)24(34-22(16)23(26)30)28-20(29)15-27-19-11-7-6-10-18(19)14-17-8-4-3-5-9-17/h3-11,27H,12-15H2,1-2H3,(H2,26,30)(H,28,29). The maximum absolute atomic E-state index is 12.7. The molecule has 0 saturated heterocycles. The number of primary amides is 1. The number of benzene rings is 2. The Morgan fingerprint density at radius 2 is 1.71 bits per heavy atom. The van der Waals surface area contributed by atoms with Gasteiger partial charge in [0.25, 0.3) is 5.91 Å². The summed E-state index contributed by atoms with van der Waals surface area (Å²) in [5.74, 6) is -1.71. The summed E-state index contributed by atoms with van der Waals surface area (Å²) in [5.41, 5.74) is 8.97. The summed E-state index contributed by atoms with van der Waals surface area (Å²) in [5, 5.41) is 6.09. The molecule has 0 aliphatic carbocycles. The summed E-state index contributed by atoms with van der Waals surface area (Å²) in [6.45, 7) is 1.83. The van der Waals surface area contributed by atoms with Crippen LogP contribution in [0.5, 0.6) is 0 Å². The predicted octanol–water partition coefficient (Wildman–Crippen LogP) is 3.60. The molecule has 1 aromatic heterocycles. The highest BCUT2D eigenvalue weighted by Crippen LogP contribution is 2.33. The zero-order valence-corrected chi connectivity index (χ0v) is 19.9. The molecule has 0 atom stereocenters. The Labute approximate surface area is 202 Å². The Bertz CT molecular complexity index is 1160. The van der Waals surface area contributed by atoms with Crippen LogP contribution in [-0.4, -0.2) is 44.7 Å². The van der Waals surface area contributed by atoms with Gasteiger partial charge in [-0.25, -0.2) is 4.79 Å². The molecule has 0 fully saturated rings. The van der Waals surface area contributed by atoms with Crippen LogP contribution in [0.2, 0.25) is 0 Å². The fourth-order valence-corrected chi connectivity index (χ4v) is 4.44. The van der Waals surface area contributed by atoms with Crippen molar-refractivity contribution in [3.8, 4) is 0 Å². The van der Waals surface area contributed by atoms with Crippen LogP contribution in [0.3, 0.4) is 0 Å². The largest absolute Gasteiger partial charge is 0.460 e. The molecule has 2 amide bonds. The number of carbonyl (C=O) groups is 3. The third-order valence-electron chi connectivity index (χ3n) is 5.04. The number of para-hydroxylation sites is 1. The monoisotopic (exact) mass is 481 g/mol. The van der Waals surface area contributed by atoms with E-state index >= 15 is 0 Å². The molecule has 0 unspecified atom stereocenters. The Kier molecular flexibility index (Phi) is 8.78. The van der Waals surface area contributed by atoms with Crippen LogP contribution in [0.15, 0.2) is 54.6 Å². The van der Waals surface area contributed by atoms with Crippen LogP contribution in [0.1, 0.15) is 36.7 Å². The minimum atomic E-state index is -0.679. The molecule has 1 heterocycles. The van der Waals surface area contributed by atoms with E-state index in [0.717, 1.165) is 34.6 Å². The lowest BCUT2D eigenvalue weighted by Gasteiger charge is -2.13. The molecule has 178 valence electrons. The summed E-state index contributed by atoms with van der Waals surface area (Å²) >= 11 is 0.950. The summed E-state index contributed by atoms with van der Waals surface area (Å²) in [6.07, 6.45) is 0.717.